The lowest BCUT2D eigenvalue weighted by Gasteiger charge is -2.23. The summed E-state index contributed by atoms with van der Waals surface area (Å²) in [5.41, 5.74) is 4.23. The summed E-state index contributed by atoms with van der Waals surface area (Å²) >= 11 is 0. The van der Waals surface area contributed by atoms with E-state index in [1.54, 1.807) is 13.8 Å². The molecule has 1 heterocycles. The Bertz CT molecular complexity index is 508. The smallest absolute Gasteiger partial charge is 0.308 e. The van der Waals surface area contributed by atoms with Gasteiger partial charge in [0.05, 0.1) is 12.0 Å². The van der Waals surface area contributed by atoms with Crippen LogP contribution in [0.5, 0.6) is 0 Å². The molecule has 18 heavy (non-hydrogen) atoms. The molecule has 0 saturated heterocycles. The molecule has 0 unspecified atom stereocenters. The maximum absolute atomic E-state index is 11.8. The molecule has 0 aliphatic heterocycles. The van der Waals surface area contributed by atoms with Gasteiger partial charge in [0, 0.05) is 6.61 Å². The fraction of sp³-hybridized carbons (Fsp3) is 0.545. The van der Waals surface area contributed by atoms with E-state index >= 15 is 0 Å². The molecule has 0 saturated carbocycles. The Labute approximate surface area is 104 Å². The third-order valence-electron chi connectivity index (χ3n) is 2.45. The number of hydrogen-bond donors (Lipinski definition) is 3. The Kier molecular flexibility index (Phi) is 4.07. The number of rotatable bonds is 5. The van der Waals surface area contributed by atoms with Crippen molar-refractivity contribution in [3.63, 3.8) is 0 Å². The van der Waals surface area contributed by atoms with Crippen LogP contribution in [-0.2, 0) is 21.6 Å². The average molecular weight is 255 g/mol. The number of aromatic amines is 1. The van der Waals surface area contributed by atoms with Gasteiger partial charge >= 0.3 is 5.97 Å². The highest BCUT2D eigenvalue weighted by Crippen LogP contribution is 2.21. The molecule has 0 fully saturated rings. The lowest BCUT2D eigenvalue weighted by atomic mass is 10.1. The molecule has 0 aliphatic rings. The molecule has 0 aromatic carbocycles. The predicted molar refractivity (Wildman–Crippen MR) is 65.3 cm³/mol. The van der Waals surface area contributed by atoms with E-state index in [1.807, 2.05) is 6.92 Å². The van der Waals surface area contributed by atoms with Crippen molar-refractivity contribution in [2.45, 2.75) is 32.8 Å². The number of carboxylic acids is 1. The molecule has 1 aromatic rings. The number of nitrogen functional groups attached to an aromatic ring is 1. The van der Waals surface area contributed by atoms with Gasteiger partial charge < -0.3 is 20.6 Å². The summed E-state index contributed by atoms with van der Waals surface area (Å²) in [6.45, 7) is 5.76. The van der Waals surface area contributed by atoms with Crippen LogP contribution in [-0.4, -0.2) is 27.7 Å². The van der Waals surface area contributed by atoms with E-state index in [1.165, 1.54) is 0 Å². The van der Waals surface area contributed by atoms with Crippen molar-refractivity contribution >= 4 is 11.8 Å². The van der Waals surface area contributed by atoms with Crippen molar-refractivity contribution in [3.8, 4) is 0 Å². The quantitative estimate of drug-likeness (QED) is 0.694. The molecule has 0 aliphatic carbocycles. The highest BCUT2D eigenvalue weighted by molar-refractivity contribution is 5.71. The third kappa shape index (κ3) is 3.07. The van der Waals surface area contributed by atoms with Crippen molar-refractivity contribution in [2.75, 3.05) is 12.3 Å². The molecule has 1 rings (SSSR count). The van der Waals surface area contributed by atoms with Gasteiger partial charge in [-0.25, -0.2) is 4.98 Å². The molecule has 100 valence electrons. The number of aliphatic carboxylic acids is 1. The standard InChI is InChI=1S/C11H17N3O4/c1-4-18-11(2,3)10-13-8(12)6(5-7(15)16)9(17)14-10/h4-5H2,1-3H3,(H,15,16)(H3,12,13,14,17). The first-order valence-electron chi connectivity index (χ1n) is 5.52. The minimum atomic E-state index is -1.13. The fourth-order valence-corrected chi connectivity index (χ4v) is 1.55. The molecule has 0 atom stereocenters. The molecule has 0 spiro atoms. The van der Waals surface area contributed by atoms with Gasteiger partial charge in [0.25, 0.3) is 5.56 Å². The van der Waals surface area contributed by atoms with Crippen LogP contribution >= 0.6 is 0 Å². The van der Waals surface area contributed by atoms with E-state index in [9.17, 15) is 9.59 Å². The van der Waals surface area contributed by atoms with Crippen molar-refractivity contribution in [1.29, 1.82) is 0 Å². The second kappa shape index (κ2) is 5.18. The number of H-pyrrole nitrogens is 1. The average Bonchev–Trinajstić information content (AvgIpc) is 2.22. The number of nitrogens with zero attached hydrogens (tertiary/aromatic N) is 1. The number of anilines is 1. The van der Waals surface area contributed by atoms with Gasteiger partial charge in [0.2, 0.25) is 0 Å². The van der Waals surface area contributed by atoms with Crippen LogP contribution in [0.25, 0.3) is 0 Å². The summed E-state index contributed by atoms with van der Waals surface area (Å²) in [5.74, 6) is -0.935. The van der Waals surface area contributed by atoms with Gasteiger partial charge in [-0.15, -0.1) is 0 Å². The summed E-state index contributed by atoms with van der Waals surface area (Å²) in [7, 11) is 0. The fourth-order valence-electron chi connectivity index (χ4n) is 1.55. The number of aromatic nitrogens is 2. The van der Waals surface area contributed by atoms with Crippen LogP contribution in [0.3, 0.4) is 0 Å². The second-order valence-electron chi connectivity index (χ2n) is 4.29. The molecule has 7 nitrogen and oxygen atoms in total. The summed E-state index contributed by atoms with van der Waals surface area (Å²) in [6.07, 6.45) is -0.455. The Balaban J connectivity index is 3.22. The van der Waals surface area contributed by atoms with E-state index < -0.39 is 23.6 Å². The molecule has 4 N–H and O–H groups in total. The minimum absolute atomic E-state index is 0.0430. The van der Waals surface area contributed by atoms with Crippen LogP contribution in [0.4, 0.5) is 5.82 Å². The second-order valence-corrected chi connectivity index (χ2v) is 4.29. The van der Waals surface area contributed by atoms with Crippen LogP contribution in [0.15, 0.2) is 4.79 Å². The highest BCUT2D eigenvalue weighted by Gasteiger charge is 2.25. The van der Waals surface area contributed by atoms with Gasteiger partial charge in [-0.3, -0.25) is 9.59 Å². The summed E-state index contributed by atoms with van der Waals surface area (Å²) in [5, 5.41) is 8.67. The number of nitrogens with one attached hydrogen (secondary N) is 1. The van der Waals surface area contributed by atoms with E-state index in [0.29, 0.717) is 6.61 Å². The maximum atomic E-state index is 11.8. The zero-order valence-electron chi connectivity index (χ0n) is 10.6. The first kappa shape index (κ1) is 14.2. The molecular formula is C11H17N3O4. The zero-order valence-corrected chi connectivity index (χ0v) is 10.6. The lowest BCUT2D eigenvalue weighted by Crippen LogP contribution is -2.31. The van der Waals surface area contributed by atoms with Gasteiger partial charge in [0.1, 0.15) is 17.2 Å². The normalized spacial score (nSPS) is 11.5. The first-order chi connectivity index (χ1) is 8.27. The maximum Gasteiger partial charge on any atom is 0.308 e. The predicted octanol–water partition coefficient (Wildman–Crippen LogP) is 0.251. The van der Waals surface area contributed by atoms with Crippen LogP contribution < -0.4 is 11.3 Å². The Morgan fingerprint density at radius 3 is 2.61 bits per heavy atom. The number of hydrogen-bond acceptors (Lipinski definition) is 5. The summed E-state index contributed by atoms with van der Waals surface area (Å²) < 4.78 is 5.44. The summed E-state index contributed by atoms with van der Waals surface area (Å²) in [6, 6.07) is 0. The zero-order chi connectivity index (χ0) is 13.9. The topological polar surface area (TPSA) is 118 Å². The lowest BCUT2D eigenvalue weighted by molar-refractivity contribution is -0.136. The Morgan fingerprint density at radius 2 is 2.17 bits per heavy atom. The third-order valence-corrected chi connectivity index (χ3v) is 2.45. The largest absolute Gasteiger partial charge is 0.481 e. The van der Waals surface area contributed by atoms with Crippen LogP contribution in [0.2, 0.25) is 0 Å². The number of nitrogens with two attached hydrogens (primary N) is 1. The van der Waals surface area contributed by atoms with E-state index in [0.717, 1.165) is 0 Å². The molecular weight excluding hydrogens is 238 g/mol. The molecule has 0 amide bonds. The Morgan fingerprint density at radius 1 is 1.56 bits per heavy atom. The van der Waals surface area contributed by atoms with Crippen molar-refractivity contribution < 1.29 is 14.6 Å². The van der Waals surface area contributed by atoms with Crippen molar-refractivity contribution in [3.05, 3.63) is 21.7 Å². The number of carbonyl (C=O) groups is 1. The molecule has 0 bridgehead atoms. The van der Waals surface area contributed by atoms with Gasteiger partial charge in [-0.05, 0) is 20.8 Å². The molecule has 7 heteroatoms. The van der Waals surface area contributed by atoms with Gasteiger partial charge in [0.15, 0.2) is 0 Å². The molecule has 1 aromatic heterocycles. The van der Waals surface area contributed by atoms with E-state index in [2.05, 4.69) is 9.97 Å². The number of carboxylic acid groups (broad SMARTS) is 1. The number of ether oxygens (including phenoxy) is 1. The van der Waals surface area contributed by atoms with Crippen molar-refractivity contribution in [1.82, 2.24) is 9.97 Å². The van der Waals surface area contributed by atoms with Crippen LogP contribution in [0, 0.1) is 0 Å². The van der Waals surface area contributed by atoms with Crippen LogP contribution in [0.1, 0.15) is 32.2 Å². The monoisotopic (exact) mass is 255 g/mol. The summed E-state index contributed by atoms with van der Waals surface area (Å²) in [4.78, 5) is 28.9. The van der Waals surface area contributed by atoms with Crippen molar-refractivity contribution in [2.24, 2.45) is 0 Å². The Hall–Kier alpha value is -1.89. The van der Waals surface area contributed by atoms with E-state index in [4.69, 9.17) is 15.6 Å². The molecule has 0 radical (unpaired) electrons. The minimum Gasteiger partial charge on any atom is -0.481 e. The SMILES string of the molecule is CCOC(C)(C)c1nc(N)c(CC(=O)O)c(=O)[nH]1. The highest BCUT2D eigenvalue weighted by atomic mass is 16.5. The van der Waals surface area contributed by atoms with Gasteiger partial charge in [-0.2, -0.15) is 0 Å². The van der Waals surface area contributed by atoms with E-state index in [-0.39, 0.29) is 17.2 Å². The van der Waals surface area contributed by atoms with Gasteiger partial charge in [-0.1, -0.05) is 0 Å². The first-order valence-corrected chi connectivity index (χ1v) is 5.52.